The van der Waals surface area contributed by atoms with Gasteiger partial charge < -0.3 is 9.84 Å². The zero-order chi connectivity index (χ0) is 13.1. The second kappa shape index (κ2) is 5.33. The van der Waals surface area contributed by atoms with Crippen LogP contribution in [0.2, 0.25) is 5.02 Å². The summed E-state index contributed by atoms with van der Waals surface area (Å²) in [6.45, 7) is -0.369. The largest absolute Gasteiger partial charge is 0.452 e. The van der Waals surface area contributed by atoms with E-state index in [0.717, 1.165) is 12.1 Å². The van der Waals surface area contributed by atoms with E-state index in [-0.39, 0.29) is 28.7 Å². The molecule has 1 N–H and O–H groups in total. The van der Waals surface area contributed by atoms with Crippen molar-refractivity contribution in [2.24, 2.45) is 0 Å². The van der Waals surface area contributed by atoms with Gasteiger partial charge in [0.05, 0.1) is 11.6 Å². The number of para-hydroxylation sites is 1. The van der Waals surface area contributed by atoms with Crippen molar-refractivity contribution < 1.29 is 18.6 Å². The minimum atomic E-state index is -0.623. The first-order valence-corrected chi connectivity index (χ1v) is 5.50. The van der Waals surface area contributed by atoms with E-state index in [1.807, 2.05) is 0 Å². The van der Waals surface area contributed by atoms with Crippen molar-refractivity contribution in [2.45, 2.75) is 6.61 Å². The zero-order valence-electron chi connectivity index (χ0n) is 9.16. The number of ether oxygens (including phenoxy) is 1. The molecule has 5 heteroatoms. The van der Waals surface area contributed by atoms with Gasteiger partial charge in [-0.1, -0.05) is 23.7 Å². The molecule has 2 aromatic carbocycles. The third-order valence-corrected chi connectivity index (χ3v) is 2.62. The van der Waals surface area contributed by atoms with Gasteiger partial charge in [0.1, 0.15) is 11.6 Å². The number of halogens is 3. The van der Waals surface area contributed by atoms with Gasteiger partial charge in [-0.3, -0.25) is 0 Å². The molecule has 0 saturated heterocycles. The Hall–Kier alpha value is -1.65. The molecule has 94 valence electrons. The van der Waals surface area contributed by atoms with Gasteiger partial charge in [0.15, 0.2) is 11.6 Å². The molecular weight excluding hydrogens is 262 g/mol. The summed E-state index contributed by atoms with van der Waals surface area (Å²) >= 11 is 5.78. The minimum absolute atomic E-state index is 0.0298. The van der Waals surface area contributed by atoms with E-state index in [1.54, 1.807) is 0 Å². The highest BCUT2D eigenvalue weighted by Gasteiger charge is 2.12. The lowest BCUT2D eigenvalue weighted by Gasteiger charge is -2.11. The summed E-state index contributed by atoms with van der Waals surface area (Å²) in [5.74, 6) is -1.13. The van der Waals surface area contributed by atoms with Gasteiger partial charge in [-0.2, -0.15) is 0 Å². The Balaban J connectivity index is 2.39. The van der Waals surface area contributed by atoms with Crippen LogP contribution in [0, 0.1) is 11.6 Å². The first-order chi connectivity index (χ1) is 8.61. The fraction of sp³-hybridized carbons (Fsp3) is 0.0769. The molecule has 0 aliphatic heterocycles. The van der Waals surface area contributed by atoms with Crippen LogP contribution in [0.1, 0.15) is 5.56 Å². The number of hydrogen-bond donors (Lipinski definition) is 1. The summed E-state index contributed by atoms with van der Waals surface area (Å²) in [6, 6.07) is 7.70. The van der Waals surface area contributed by atoms with Crippen molar-refractivity contribution in [3.63, 3.8) is 0 Å². The van der Waals surface area contributed by atoms with Crippen LogP contribution in [-0.4, -0.2) is 5.11 Å². The molecule has 18 heavy (non-hydrogen) atoms. The maximum atomic E-state index is 13.6. The molecule has 0 amide bonds. The van der Waals surface area contributed by atoms with E-state index in [2.05, 4.69) is 0 Å². The van der Waals surface area contributed by atoms with Gasteiger partial charge in [0.2, 0.25) is 0 Å². The standard InChI is InChI=1S/C13H9ClF2O2/c14-10-6-9(15)4-5-12(10)18-13-8(7-17)2-1-3-11(13)16/h1-6,17H,7H2. The quantitative estimate of drug-likeness (QED) is 0.916. The number of hydrogen-bond acceptors (Lipinski definition) is 2. The highest BCUT2D eigenvalue weighted by molar-refractivity contribution is 6.32. The third-order valence-electron chi connectivity index (χ3n) is 2.32. The Labute approximate surface area is 107 Å². The first-order valence-electron chi connectivity index (χ1n) is 5.13. The van der Waals surface area contributed by atoms with Gasteiger partial charge in [-0.25, -0.2) is 8.78 Å². The molecule has 0 aliphatic rings. The van der Waals surface area contributed by atoms with Crippen LogP contribution in [0.25, 0.3) is 0 Å². The van der Waals surface area contributed by atoms with Crippen LogP contribution in [0.5, 0.6) is 11.5 Å². The third kappa shape index (κ3) is 2.60. The second-order valence-corrected chi connectivity index (χ2v) is 3.97. The van der Waals surface area contributed by atoms with Crippen molar-refractivity contribution in [3.8, 4) is 11.5 Å². The number of rotatable bonds is 3. The van der Waals surface area contributed by atoms with Gasteiger partial charge in [-0.05, 0) is 24.3 Å². The summed E-state index contributed by atoms with van der Waals surface area (Å²) in [5, 5.41) is 9.12. The Bertz CT molecular complexity index is 573. The van der Waals surface area contributed by atoms with Crippen molar-refractivity contribution in [3.05, 3.63) is 58.6 Å². The summed E-state index contributed by atoms with van der Waals surface area (Å²) in [7, 11) is 0. The number of benzene rings is 2. The zero-order valence-corrected chi connectivity index (χ0v) is 9.92. The lowest BCUT2D eigenvalue weighted by atomic mass is 10.2. The maximum absolute atomic E-state index is 13.6. The predicted octanol–water partition coefficient (Wildman–Crippen LogP) is 3.90. The van der Waals surface area contributed by atoms with Gasteiger partial charge in [-0.15, -0.1) is 0 Å². The number of aliphatic hydroxyl groups is 1. The van der Waals surface area contributed by atoms with Crippen molar-refractivity contribution in [2.75, 3.05) is 0 Å². The molecule has 0 spiro atoms. The van der Waals surface area contributed by atoms with E-state index in [0.29, 0.717) is 0 Å². The Morgan fingerprint density at radius 1 is 1.17 bits per heavy atom. The molecule has 0 radical (unpaired) electrons. The Morgan fingerprint density at radius 2 is 1.94 bits per heavy atom. The molecule has 0 aromatic heterocycles. The molecule has 0 aliphatic carbocycles. The molecule has 0 atom stereocenters. The van der Waals surface area contributed by atoms with Gasteiger partial charge >= 0.3 is 0 Å². The lowest BCUT2D eigenvalue weighted by molar-refractivity contribution is 0.274. The van der Waals surface area contributed by atoms with Crippen molar-refractivity contribution in [1.29, 1.82) is 0 Å². The highest BCUT2D eigenvalue weighted by atomic mass is 35.5. The summed E-state index contributed by atoms with van der Waals surface area (Å²) < 4.78 is 31.7. The molecule has 0 bridgehead atoms. The molecule has 0 fully saturated rings. The first kappa shape index (κ1) is 12.8. The van der Waals surface area contributed by atoms with Gasteiger partial charge in [0, 0.05) is 5.56 Å². The average molecular weight is 271 g/mol. The van der Waals surface area contributed by atoms with E-state index in [1.165, 1.54) is 24.3 Å². The average Bonchev–Trinajstić information content (AvgIpc) is 2.34. The van der Waals surface area contributed by atoms with E-state index in [4.69, 9.17) is 21.4 Å². The summed E-state index contributed by atoms with van der Waals surface area (Å²) in [5.41, 5.74) is 0.287. The van der Waals surface area contributed by atoms with Crippen LogP contribution in [-0.2, 0) is 6.61 Å². The van der Waals surface area contributed by atoms with Crippen LogP contribution in [0.15, 0.2) is 36.4 Å². The molecular formula is C13H9ClF2O2. The van der Waals surface area contributed by atoms with Gasteiger partial charge in [0.25, 0.3) is 0 Å². The van der Waals surface area contributed by atoms with Crippen LogP contribution in [0.3, 0.4) is 0 Å². The van der Waals surface area contributed by atoms with E-state index >= 15 is 0 Å². The molecule has 0 unspecified atom stereocenters. The normalized spacial score (nSPS) is 10.4. The van der Waals surface area contributed by atoms with Crippen LogP contribution >= 0.6 is 11.6 Å². The SMILES string of the molecule is OCc1cccc(F)c1Oc1ccc(F)cc1Cl. The monoisotopic (exact) mass is 270 g/mol. The topological polar surface area (TPSA) is 29.5 Å². The van der Waals surface area contributed by atoms with Crippen molar-refractivity contribution >= 4 is 11.6 Å². The molecule has 0 saturated carbocycles. The lowest BCUT2D eigenvalue weighted by Crippen LogP contribution is -1.95. The summed E-state index contributed by atoms with van der Waals surface area (Å²) in [4.78, 5) is 0. The minimum Gasteiger partial charge on any atom is -0.452 e. The van der Waals surface area contributed by atoms with E-state index in [9.17, 15) is 8.78 Å². The smallest absolute Gasteiger partial charge is 0.168 e. The second-order valence-electron chi connectivity index (χ2n) is 3.56. The van der Waals surface area contributed by atoms with Crippen molar-refractivity contribution in [1.82, 2.24) is 0 Å². The van der Waals surface area contributed by atoms with Crippen LogP contribution in [0.4, 0.5) is 8.78 Å². The summed E-state index contributed by atoms with van der Waals surface area (Å²) in [6.07, 6.45) is 0. The fourth-order valence-corrected chi connectivity index (χ4v) is 1.67. The molecule has 2 nitrogen and oxygen atoms in total. The molecule has 0 heterocycles. The van der Waals surface area contributed by atoms with E-state index < -0.39 is 11.6 Å². The maximum Gasteiger partial charge on any atom is 0.168 e. The van der Waals surface area contributed by atoms with Crippen LogP contribution < -0.4 is 4.74 Å². The molecule has 2 rings (SSSR count). The number of aliphatic hydroxyl groups excluding tert-OH is 1. The Kier molecular flexibility index (Phi) is 3.79. The predicted molar refractivity (Wildman–Crippen MR) is 63.8 cm³/mol. The fourth-order valence-electron chi connectivity index (χ4n) is 1.46. The Morgan fingerprint density at radius 3 is 2.61 bits per heavy atom. The highest BCUT2D eigenvalue weighted by Crippen LogP contribution is 2.33. The molecule has 2 aromatic rings.